The number of nitrogens with zero attached hydrogens (tertiary/aromatic N) is 1. The molecule has 113 heavy (non-hydrogen) atoms. The number of carbonyl (C=O) groups excluding carboxylic acids is 7. The van der Waals surface area contributed by atoms with E-state index in [-0.39, 0.29) is 127 Å². The van der Waals surface area contributed by atoms with Crippen LogP contribution < -0.4 is 31.9 Å². The van der Waals surface area contributed by atoms with Gasteiger partial charge in [-0.05, 0) is 58.0 Å². The van der Waals surface area contributed by atoms with Crippen LogP contribution in [0.5, 0.6) is 0 Å². The van der Waals surface area contributed by atoms with Crippen molar-refractivity contribution >= 4 is 41.4 Å². The third-order valence-corrected chi connectivity index (χ3v) is 17.7. The van der Waals surface area contributed by atoms with E-state index in [9.17, 15) is 33.6 Å². The highest BCUT2D eigenvalue weighted by atomic mass is 16.6. The van der Waals surface area contributed by atoms with Gasteiger partial charge in [0.15, 0.2) is 0 Å². The Kier molecular flexibility index (Phi) is 51.5. The van der Waals surface area contributed by atoms with Crippen molar-refractivity contribution in [1.82, 2.24) is 36.8 Å². The van der Waals surface area contributed by atoms with Gasteiger partial charge in [0.1, 0.15) is 0 Å². The van der Waals surface area contributed by atoms with Crippen LogP contribution in [0.15, 0.2) is 30.3 Å². The molecule has 6 N–H and O–H groups in total. The molecule has 1 atom stereocenters. The minimum Gasteiger partial charge on any atom is -0.381 e. The molecule has 1 unspecified atom stereocenters. The minimum absolute atomic E-state index is 0.0235. The predicted molar refractivity (Wildman–Crippen MR) is 445 cm³/mol. The summed E-state index contributed by atoms with van der Waals surface area (Å²) >= 11 is 0. The largest absolute Gasteiger partial charge is 0.381 e. The Morgan fingerprint density at radius 3 is 0.965 bits per heavy atom. The zero-order valence-electron chi connectivity index (χ0n) is 75.0. The summed E-state index contributed by atoms with van der Waals surface area (Å²) in [6.45, 7) is 60.5. The molecule has 1 aromatic rings. The topological polar surface area (TPSA) is 306 Å². The summed E-state index contributed by atoms with van der Waals surface area (Å²) in [5.41, 5.74) is -1.15. The van der Waals surface area contributed by atoms with Crippen LogP contribution in [-0.4, -0.2) is 257 Å². The summed E-state index contributed by atoms with van der Waals surface area (Å²) in [5.74, 6) is -0.338. The van der Waals surface area contributed by atoms with Crippen molar-refractivity contribution in [2.24, 2.45) is 60.1 Å². The van der Waals surface area contributed by atoms with E-state index >= 15 is 0 Å². The number of ether oxygens (including phenoxy) is 12. The molecule has 0 saturated heterocycles. The summed E-state index contributed by atoms with van der Waals surface area (Å²) in [7, 11) is 0. The molecule has 0 bridgehead atoms. The van der Waals surface area contributed by atoms with Gasteiger partial charge < -0.3 is 93.6 Å². The van der Waals surface area contributed by atoms with Crippen LogP contribution in [-0.2, 0) is 85.6 Å². The summed E-state index contributed by atoms with van der Waals surface area (Å²) in [6.07, 6.45) is 3.93. The molecule has 0 aliphatic carbocycles. The van der Waals surface area contributed by atoms with Crippen LogP contribution in [0, 0.1) is 60.1 Å². The zero-order valence-corrected chi connectivity index (χ0v) is 75.0. The number of amides is 7. The van der Waals surface area contributed by atoms with Crippen molar-refractivity contribution in [2.75, 3.05) is 211 Å². The fraction of sp³-hybridized carbons (Fsp3) is 0.851. The first kappa shape index (κ1) is 106. The van der Waals surface area contributed by atoms with Crippen molar-refractivity contribution < 1.29 is 90.4 Å². The molecule has 1 aromatic carbocycles. The predicted octanol–water partition coefficient (Wildman–Crippen LogP) is 11.1. The molecular formula is C87H161N7O19. The number of carbonyl (C=O) groups is 7. The number of hydrogen-bond acceptors (Lipinski definition) is 19. The van der Waals surface area contributed by atoms with Gasteiger partial charge in [-0.1, -0.05) is 177 Å². The lowest BCUT2D eigenvalue weighted by molar-refractivity contribution is -0.126. The molecule has 0 radical (unpaired) electrons. The average molecular weight is 1610 g/mol. The molecule has 658 valence electrons. The highest BCUT2D eigenvalue weighted by molar-refractivity contribution is 5.94. The second-order valence-corrected chi connectivity index (χ2v) is 39.5. The first-order chi connectivity index (χ1) is 52.5. The fourth-order valence-corrected chi connectivity index (χ4v) is 12.7. The molecule has 0 aromatic heterocycles. The van der Waals surface area contributed by atoms with Crippen LogP contribution in [0.2, 0.25) is 0 Å². The van der Waals surface area contributed by atoms with Gasteiger partial charge in [0.25, 0.3) is 5.91 Å². The standard InChI is InChI=1S/C87H161N7O19/c1-69(55-111-65-84(16,17)60-91-74(98)52-80(8,9)56-78(2,3)4)51-73(97)90-59-83(14,15)64-110-36-31-88-71(95)29-34-102-39-43-106-47-49-108-45-41-104-37-32-94(77(101)70-27-25-24-26-28-70)33-38-105-42-46-109-50-48-107-44-40-103-35-30-72(96)89-58-85(18,19)67-113-68-87(22,23)62-93-76(100)54-82(12,13)63-112-66-86(20,21)61-92-75(99)53-81(10,11)57-79(5,6)7/h24-28,69H,29-68H2,1-23H3,(H,88,95)(H,89,96)(H,90,97)(H,91,98)(H,92,99)(H,93,100). The molecule has 26 nitrogen and oxygen atoms in total. The Labute approximate surface area is 683 Å². The van der Waals surface area contributed by atoms with Gasteiger partial charge in [0.05, 0.1) is 152 Å². The second kappa shape index (κ2) is 54.9. The molecule has 0 heterocycles. The van der Waals surface area contributed by atoms with Crippen molar-refractivity contribution in [1.29, 1.82) is 0 Å². The second-order valence-electron chi connectivity index (χ2n) is 39.5. The minimum atomic E-state index is -0.386. The Hall–Kier alpha value is -4.97. The number of benzene rings is 1. The van der Waals surface area contributed by atoms with Crippen molar-refractivity contribution in [3.8, 4) is 0 Å². The van der Waals surface area contributed by atoms with Gasteiger partial charge in [-0.15, -0.1) is 0 Å². The van der Waals surface area contributed by atoms with Crippen LogP contribution in [0.4, 0.5) is 0 Å². The number of nitrogens with one attached hydrogen (secondary N) is 6. The van der Waals surface area contributed by atoms with E-state index in [2.05, 4.69) is 129 Å². The first-order valence-corrected chi connectivity index (χ1v) is 41.4. The van der Waals surface area contributed by atoms with Gasteiger partial charge >= 0.3 is 0 Å². The van der Waals surface area contributed by atoms with Crippen molar-refractivity contribution in [2.45, 2.75) is 211 Å². The maximum absolute atomic E-state index is 13.4. The van der Waals surface area contributed by atoms with Crippen LogP contribution in [0.25, 0.3) is 0 Å². The van der Waals surface area contributed by atoms with E-state index in [1.54, 1.807) is 17.0 Å². The SMILES string of the molecule is CC(COCC(C)(C)CNC(=O)CC(C)(C)CC(C)(C)C)CC(=O)NCC(C)(C)COCCNC(=O)CCOCCOCCOCCOCCN(CCOCCOCCOCCOCCC(=O)NCC(C)(C)COCC(C)(C)CNC(=O)CC(C)(C)COCC(C)(C)CNC(=O)CC(C)(C)CC(C)(C)C)C(=O)c1ccccc1. The van der Waals surface area contributed by atoms with E-state index < -0.39 is 0 Å². The summed E-state index contributed by atoms with van der Waals surface area (Å²) in [5, 5.41) is 18.2. The smallest absolute Gasteiger partial charge is 0.254 e. The third kappa shape index (κ3) is 62.0. The molecule has 7 amide bonds. The summed E-state index contributed by atoms with van der Waals surface area (Å²) in [6, 6.07) is 9.09. The first-order valence-electron chi connectivity index (χ1n) is 41.4. The monoisotopic (exact) mass is 1610 g/mol. The average Bonchev–Trinajstić information content (AvgIpc) is 0.871. The van der Waals surface area contributed by atoms with Gasteiger partial charge in [-0.3, -0.25) is 33.6 Å². The quantitative estimate of drug-likeness (QED) is 0.0330. The van der Waals surface area contributed by atoms with Gasteiger partial charge in [0.2, 0.25) is 35.4 Å². The Morgan fingerprint density at radius 2 is 0.602 bits per heavy atom. The van der Waals surface area contributed by atoms with Crippen molar-refractivity contribution in [3.63, 3.8) is 0 Å². The van der Waals surface area contributed by atoms with E-state index in [4.69, 9.17) is 56.8 Å². The highest BCUT2D eigenvalue weighted by Crippen LogP contribution is 2.37. The zero-order chi connectivity index (χ0) is 85.3. The maximum Gasteiger partial charge on any atom is 0.254 e. The third-order valence-electron chi connectivity index (χ3n) is 17.7. The van der Waals surface area contributed by atoms with Gasteiger partial charge in [0, 0.05) is 130 Å². The Morgan fingerprint density at radius 1 is 0.310 bits per heavy atom. The molecule has 0 saturated carbocycles. The Balaban J connectivity index is 2.13. The lowest BCUT2D eigenvalue weighted by Gasteiger charge is -2.33. The molecular weight excluding hydrogens is 1450 g/mol. The van der Waals surface area contributed by atoms with Crippen molar-refractivity contribution in [3.05, 3.63) is 35.9 Å². The molecule has 0 spiro atoms. The Bertz CT molecular complexity index is 2780. The van der Waals surface area contributed by atoms with Gasteiger partial charge in [-0.25, -0.2) is 0 Å². The summed E-state index contributed by atoms with van der Waals surface area (Å²) in [4.78, 5) is 91.5. The molecule has 26 heteroatoms. The molecule has 1 rings (SSSR count). The van der Waals surface area contributed by atoms with E-state index in [0.717, 1.165) is 12.8 Å². The van der Waals surface area contributed by atoms with E-state index in [1.807, 2.05) is 80.5 Å². The van der Waals surface area contributed by atoms with Crippen LogP contribution >= 0.6 is 0 Å². The normalized spacial score (nSPS) is 13.2. The number of rotatable bonds is 68. The van der Waals surface area contributed by atoms with Crippen LogP contribution in [0.3, 0.4) is 0 Å². The maximum atomic E-state index is 13.4. The fourth-order valence-electron chi connectivity index (χ4n) is 12.7. The molecule has 0 aliphatic heterocycles. The molecule has 0 aliphatic rings. The lowest BCUT2D eigenvalue weighted by Crippen LogP contribution is -2.41. The summed E-state index contributed by atoms with van der Waals surface area (Å²) < 4.78 is 69.5. The van der Waals surface area contributed by atoms with Gasteiger partial charge in [-0.2, -0.15) is 0 Å². The number of hydrogen-bond donors (Lipinski definition) is 6. The molecule has 0 fully saturated rings. The highest BCUT2D eigenvalue weighted by Gasteiger charge is 2.33. The van der Waals surface area contributed by atoms with E-state index in [1.165, 1.54) is 0 Å². The lowest BCUT2D eigenvalue weighted by atomic mass is 9.74. The van der Waals surface area contributed by atoms with E-state index in [0.29, 0.717) is 229 Å². The van der Waals surface area contributed by atoms with Crippen LogP contribution in [0.1, 0.15) is 221 Å².